The summed E-state index contributed by atoms with van der Waals surface area (Å²) in [7, 11) is -3.75. The van der Waals surface area contributed by atoms with Gasteiger partial charge in [-0.2, -0.15) is 0 Å². The van der Waals surface area contributed by atoms with E-state index in [2.05, 4.69) is 4.72 Å². The molecule has 2 amide bonds. The van der Waals surface area contributed by atoms with E-state index < -0.39 is 10.0 Å². The molecule has 7 heteroatoms. The van der Waals surface area contributed by atoms with Crippen LogP contribution in [0.25, 0.3) is 0 Å². The summed E-state index contributed by atoms with van der Waals surface area (Å²) in [6, 6.07) is 14.5. The number of anilines is 2. The summed E-state index contributed by atoms with van der Waals surface area (Å²) >= 11 is 0. The third kappa shape index (κ3) is 2.50. The summed E-state index contributed by atoms with van der Waals surface area (Å²) in [4.78, 5) is 27.0. The van der Waals surface area contributed by atoms with E-state index in [-0.39, 0.29) is 40.4 Å². The van der Waals surface area contributed by atoms with Gasteiger partial charge in [0.25, 0.3) is 10.0 Å². The van der Waals surface area contributed by atoms with Crippen LogP contribution in [0.5, 0.6) is 0 Å². The molecule has 1 N–H and O–H groups in total. The summed E-state index contributed by atoms with van der Waals surface area (Å²) in [5, 5.41) is 0. The lowest BCUT2D eigenvalue weighted by Crippen LogP contribution is -2.32. The average molecular weight is 394 g/mol. The molecule has 5 rings (SSSR count). The van der Waals surface area contributed by atoms with Gasteiger partial charge in [-0.1, -0.05) is 30.4 Å². The molecule has 2 aromatic rings. The highest BCUT2D eigenvalue weighted by molar-refractivity contribution is 7.92. The number of nitrogens with zero attached hydrogens (tertiary/aromatic N) is 1. The lowest BCUT2D eigenvalue weighted by Gasteiger charge is -2.17. The molecule has 4 atom stereocenters. The summed E-state index contributed by atoms with van der Waals surface area (Å²) in [5.41, 5.74) is 0.884. The molecule has 0 radical (unpaired) electrons. The van der Waals surface area contributed by atoms with Crippen LogP contribution in [0.2, 0.25) is 0 Å². The maximum absolute atomic E-state index is 12.9. The van der Waals surface area contributed by atoms with Crippen LogP contribution in [-0.4, -0.2) is 20.2 Å². The molecular weight excluding hydrogens is 376 g/mol. The van der Waals surface area contributed by atoms with Gasteiger partial charge < -0.3 is 0 Å². The van der Waals surface area contributed by atoms with E-state index in [0.29, 0.717) is 11.4 Å². The molecule has 2 bridgehead atoms. The van der Waals surface area contributed by atoms with Crippen molar-refractivity contribution in [2.24, 2.45) is 23.7 Å². The van der Waals surface area contributed by atoms with Crippen molar-refractivity contribution in [2.45, 2.75) is 11.3 Å². The third-order valence-corrected chi connectivity index (χ3v) is 7.30. The molecule has 1 aliphatic heterocycles. The van der Waals surface area contributed by atoms with Gasteiger partial charge in [-0.25, -0.2) is 8.42 Å². The van der Waals surface area contributed by atoms with E-state index in [0.717, 1.165) is 6.42 Å². The molecule has 3 aliphatic rings. The Kier molecular flexibility index (Phi) is 3.71. The van der Waals surface area contributed by atoms with Gasteiger partial charge in [0.1, 0.15) is 0 Å². The Morgan fingerprint density at radius 2 is 1.39 bits per heavy atom. The number of para-hydroxylation sites is 1. The number of hydrogen-bond acceptors (Lipinski definition) is 4. The standard InChI is InChI=1S/C21H18N2O4S/c24-20-18-13-6-7-14(12-13)19(18)21(25)23(20)16-8-10-17(11-9-16)28(26,27)22-15-4-2-1-3-5-15/h1-11,13-14,18-19,22H,12H2/t13-,14?,18+,19-/m1/s1. The molecule has 2 aromatic carbocycles. The fourth-order valence-electron chi connectivity index (χ4n) is 4.65. The van der Waals surface area contributed by atoms with E-state index >= 15 is 0 Å². The van der Waals surface area contributed by atoms with Crippen LogP contribution in [0.4, 0.5) is 11.4 Å². The fourth-order valence-corrected chi connectivity index (χ4v) is 5.71. The van der Waals surface area contributed by atoms with Crippen molar-refractivity contribution in [2.75, 3.05) is 9.62 Å². The molecule has 1 unspecified atom stereocenters. The van der Waals surface area contributed by atoms with Crippen LogP contribution < -0.4 is 9.62 Å². The van der Waals surface area contributed by atoms with Gasteiger partial charge in [0, 0.05) is 5.69 Å². The topological polar surface area (TPSA) is 83.6 Å². The number of allylic oxidation sites excluding steroid dienone is 2. The molecule has 1 saturated carbocycles. The first-order chi connectivity index (χ1) is 13.5. The Balaban J connectivity index is 1.40. The second-order valence-corrected chi connectivity index (χ2v) is 9.16. The first-order valence-corrected chi connectivity index (χ1v) is 10.7. The Labute approximate surface area is 162 Å². The SMILES string of the molecule is O=C1[C@H]2[C@@H]3C=CC(C3)[C@H]2C(=O)N1c1ccc(S(=O)(=O)Nc2ccccc2)cc1. The summed E-state index contributed by atoms with van der Waals surface area (Å²) in [6.45, 7) is 0. The minimum Gasteiger partial charge on any atom is -0.280 e. The van der Waals surface area contributed by atoms with Gasteiger partial charge in [-0.15, -0.1) is 0 Å². The number of fused-ring (bicyclic) bond motifs is 5. The van der Waals surface area contributed by atoms with Crippen molar-refractivity contribution in [3.05, 3.63) is 66.7 Å². The molecule has 0 aromatic heterocycles. The van der Waals surface area contributed by atoms with Crippen molar-refractivity contribution in [3.63, 3.8) is 0 Å². The van der Waals surface area contributed by atoms with E-state index in [1.54, 1.807) is 30.3 Å². The Morgan fingerprint density at radius 1 is 0.821 bits per heavy atom. The minimum absolute atomic E-state index is 0.0705. The predicted octanol–water partition coefficient (Wildman–Crippen LogP) is 2.80. The van der Waals surface area contributed by atoms with Crippen molar-refractivity contribution < 1.29 is 18.0 Å². The number of hydrogen-bond donors (Lipinski definition) is 1. The summed E-state index contributed by atoms with van der Waals surface area (Å²) in [5.74, 6) is -0.608. The predicted molar refractivity (Wildman–Crippen MR) is 104 cm³/mol. The fraction of sp³-hybridized carbons (Fsp3) is 0.238. The average Bonchev–Trinajstić information content (AvgIpc) is 3.36. The Bertz CT molecular complexity index is 1060. The normalized spacial score (nSPS) is 28.1. The van der Waals surface area contributed by atoms with Gasteiger partial charge >= 0.3 is 0 Å². The number of nitrogens with one attached hydrogen (secondary N) is 1. The van der Waals surface area contributed by atoms with Crippen molar-refractivity contribution in [1.82, 2.24) is 0 Å². The number of carbonyl (C=O) groups is 2. The summed E-state index contributed by atoms with van der Waals surface area (Å²) < 4.78 is 27.6. The zero-order valence-electron chi connectivity index (χ0n) is 14.9. The van der Waals surface area contributed by atoms with Gasteiger partial charge in [0.15, 0.2) is 0 Å². The number of benzene rings is 2. The van der Waals surface area contributed by atoms with Crippen LogP contribution in [0, 0.1) is 23.7 Å². The maximum atomic E-state index is 12.9. The highest BCUT2D eigenvalue weighted by Crippen LogP contribution is 2.53. The van der Waals surface area contributed by atoms with Crippen molar-refractivity contribution in [1.29, 1.82) is 0 Å². The van der Waals surface area contributed by atoms with Crippen LogP contribution in [0.15, 0.2) is 71.6 Å². The zero-order chi connectivity index (χ0) is 19.5. The van der Waals surface area contributed by atoms with E-state index in [1.165, 1.54) is 29.2 Å². The number of carbonyl (C=O) groups excluding carboxylic acids is 2. The number of imide groups is 1. The minimum atomic E-state index is -3.75. The largest absolute Gasteiger partial charge is 0.280 e. The molecule has 28 heavy (non-hydrogen) atoms. The van der Waals surface area contributed by atoms with E-state index in [4.69, 9.17) is 0 Å². The lowest BCUT2D eigenvalue weighted by molar-refractivity contribution is -0.123. The first-order valence-electron chi connectivity index (χ1n) is 9.20. The second-order valence-electron chi connectivity index (χ2n) is 7.48. The lowest BCUT2D eigenvalue weighted by atomic mass is 9.85. The van der Waals surface area contributed by atoms with E-state index in [9.17, 15) is 18.0 Å². The number of sulfonamides is 1. The summed E-state index contributed by atoms with van der Waals surface area (Å²) in [6.07, 6.45) is 4.97. The zero-order valence-corrected chi connectivity index (χ0v) is 15.7. The van der Waals surface area contributed by atoms with Crippen LogP contribution in [0.1, 0.15) is 6.42 Å². The number of rotatable bonds is 4. The van der Waals surface area contributed by atoms with Crippen LogP contribution in [-0.2, 0) is 19.6 Å². The molecule has 0 spiro atoms. The molecule has 2 fully saturated rings. The molecule has 1 heterocycles. The van der Waals surface area contributed by atoms with Crippen molar-refractivity contribution in [3.8, 4) is 0 Å². The van der Waals surface area contributed by atoms with Gasteiger partial charge in [0.2, 0.25) is 11.8 Å². The molecule has 2 aliphatic carbocycles. The quantitative estimate of drug-likeness (QED) is 0.638. The molecule has 142 valence electrons. The molecular formula is C21H18N2O4S. The van der Waals surface area contributed by atoms with E-state index in [1.807, 2.05) is 12.2 Å². The Hall–Kier alpha value is -2.93. The van der Waals surface area contributed by atoms with Crippen LogP contribution >= 0.6 is 0 Å². The highest BCUT2D eigenvalue weighted by Gasteiger charge is 2.59. The second kappa shape index (κ2) is 6.04. The third-order valence-electron chi connectivity index (χ3n) is 5.90. The van der Waals surface area contributed by atoms with Gasteiger partial charge in [-0.3, -0.25) is 19.2 Å². The van der Waals surface area contributed by atoms with Crippen LogP contribution in [0.3, 0.4) is 0 Å². The smallest absolute Gasteiger partial charge is 0.261 e. The van der Waals surface area contributed by atoms with Gasteiger partial charge in [0.05, 0.1) is 22.4 Å². The Morgan fingerprint density at radius 3 is 1.96 bits per heavy atom. The van der Waals surface area contributed by atoms with Crippen molar-refractivity contribution >= 4 is 33.2 Å². The molecule has 6 nitrogen and oxygen atoms in total. The first kappa shape index (κ1) is 17.2. The highest BCUT2D eigenvalue weighted by atomic mass is 32.2. The number of amides is 2. The monoisotopic (exact) mass is 394 g/mol. The maximum Gasteiger partial charge on any atom is 0.261 e. The molecule has 1 saturated heterocycles. The van der Waals surface area contributed by atoms with Gasteiger partial charge in [-0.05, 0) is 54.7 Å².